The SMILES string of the molecule is COC(=O)c1cc(NC(=O)Nc2ccccc2C)ccc1OS(=O)(=O)c1ccc(C)cc1. The first-order valence-corrected chi connectivity index (χ1v) is 11.0. The van der Waals surface area contributed by atoms with Crippen LogP contribution in [0.4, 0.5) is 16.2 Å². The second-order valence-electron chi connectivity index (χ2n) is 6.95. The first-order chi connectivity index (χ1) is 15.2. The molecule has 9 heteroatoms. The van der Waals surface area contributed by atoms with E-state index in [1.165, 1.54) is 30.3 Å². The number of aryl methyl sites for hydroxylation is 2. The molecule has 0 heterocycles. The highest BCUT2D eigenvalue weighted by molar-refractivity contribution is 7.87. The molecular weight excluding hydrogens is 432 g/mol. The number of esters is 1. The van der Waals surface area contributed by atoms with Crippen LogP contribution in [-0.2, 0) is 14.9 Å². The van der Waals surface area contributed by atoms with Crippen molar-refractivity contribution in [2.75, 3.05) is 17.7 Å². The zero-order valence-corrected chi connectivity index (χ0v) is 18.5. The van der Waals surface area contributed by atoms with Crippen molar-refractivity contribution in [3.63, 3.8) is 0 Å². The van der Waals surface area contributed by atoms with Crippen LogP contribution in [0.25, 0.3) is 0 Å². The maximum atomic E-state index is 12.6. The highest BCUT2D eigenvalue weighted by Crippen LogP contribution is 2.27. The number of carbonyl (C=O) groups is 2. The van der Waals surface area contributed by atoms with Gasteiger partial charge in [-0.2, -0.15) is 8.42 Å². The number of ether oxygens (including phenoxy) is 1. The smallest absolute Gasteiger partial charge is 0.341 e. The van der Waals surface area contributed by atoms with Crippen LogP contribution in [0.5, 0.6) is 5.75 Å². The van der Waals surface area contributed by atoms with E-state index < -0.39 is 22.1 Å². The van der Waals surface area contributed by atoms with E-state index in [4.69, 9.17) is 8.92 Å². The van der Waals surface area contributed by atoms with Crippen molar-refractivity contribution >= 4 is 33.5 Å². The number of benzene rings is 3. The van der Waals surface area contributed by atoms with Gasteiger partial charge in [0.1, 0.15) is 10.5 Å². The average molecular weight is 455 g/mol. The molecule has 0 saturated heterocycles. The fourth-order valence-corrected chi connectivity index (χ4v) is 3.77. The van der Waals surface area contributed by atoms with Gasteiger partial charge in [0.25, 0.3) is 0 Å². The molecule has 0 unspecified atom stereocenters. The number of hydrogen-bond acceptors (Lipinski definition) is 6. The number of rotatable bonds is 6. The predicted octanol–water partition coefficient (Wildman–Crippen LogP) is 4.50. The van der Waals surface area contributed by atoms with Crippen molar-refractivity contribution in [3.05, 3.63) is 83.4 Å². The number of amides is 2. The van der Waals surface area contributed by atoms with E-state index in [-0.39, 0.29) is 21.9 Å². The second kappa shape index (κ2) is 9.52. The van der Waals surface area contributed by atoms with Crippen LogP contribution in [0, 0.1) is 13.8 Å². The standard InChI is InChI=1S/C23H22N2O6S/c1-15-8-11-18(12-9-15)32(28,29)31-21-13-10-17(14-19(21)22(26)30-3)24-23(27)25-20-7-5-4-6-16(20)2/h4-14H,1-3H3,(H2,24,25,27). The number of carbonyl (C=O) groups excluding carboxylic acids is 2. The van der Waals surface area contributed by atoms with Crippen LogP contribution in [-0.4, -0.2) is 27.5 Å². The van der Waals surface area contributed by atoms with Crippen LogP contribution in [0.3, 0.4) is 0 Å². The van der Waals surface area contributed by atoms with Crippen molar-refractivity contribution in [2.45, 2.75) is 18.7 Å². The van der Waals surface area contributed by atoms with E-state index in [9.17, 15) is 18.0 Å². The zero-order chi connectivity index (χ0) is 23.3. The molecule has 0 saturated carbocycles. The molecule has 2 amide bonds. The van der Waals surface area contributed by atoms with E-state index >= 15 is 0 Å². The Morgan fingerprint density at radius 1 is 0.875 bits per heavy atom. The summed E-state index contributed by atoms with van der Waals surface area (Å²) in [6.07, 6.45) is 0. The third-order valence-electron chi connectivity index (χ3n) is 4.55. The second-order valence-corrected chi connectivity index (χ2v) is 8.49. The topological polar surface area (TPSA) is 111 Å². The number of para-hydroxylation sites is 1. The molecule has 32 heavy (non-hydrogen) atoms. The third kappa shape index (κ3) is 5.44. The van der Waals surface area contributed by atoms with Crippen molar-refractivity contribution in [2.24, 2.45) is 0 Å². The lowest BCUT2D eigenvalue weighted by Crippen LogP contribution is -2.20. The maximum absolute atomic E-state index is 12.6. The van der Waals surface area contributed by atoms with Crippen LogP contribution in [0.1, 0.15) is 21.5 Å². The molecule has 166 valence electrons. The summed E-state index contributed by atoms with van der Waals surface area (Å²) in [7, 11) is -3.02. The summed E-state index contributed by atoms with van der Waals surface area (Å²) in [5, 5.41) is 5.31. The van der Waals surface area contributed by atoms with Crippen LogP contribution >= 0.6 is 0 Å². The third-order valence-corrected chi connectivity index (χ3v) is 5.79. The van der Waals surface area contributed by atoms with Gasteiger partial charge in [-0.05, 0) is 55.8 Å². The van der Waals surface area contributed by atoms with E-state index in [0.717, 1.165) is 18.2 Å². The van der Waals surface area contributed by atoms with Crippen molar-refractivity contribution in [1.82, 2.24) is 0 Å². The van der Waals surface area contributed by atoms with Gasteiger partial charge in [0.15, 0.2) is 5.75 Å². The number of anilines is 2. The molecule has 3 rings (SSSR count). The lowest BCUT2D eigenvalue weighted by molar-refractivity contribution is 0.0599. The average Bonchev–Trinajstić information content (AvgIpc) is 2.76. The van der Waals surface area contributed by atoms with Gasteiger partial charge in [-0.1, -0.05) is 35.9 Å². The maximum Gasteiger partial charge on any atom is 0.341 e. The fourth-order valence-electron chi connectivity index (χ4n) is 2.82. The Bertz CT molecular complexity index is 1250. The first kappa shape index (κ1) is 22.8. The van der Waals surface area contributed by atoms with E-state index in [1.807, 2.05) is 26.0 Å². The summed E-state index contributed by atoms with van der Waals surface area (Å²) in [4.78, 5) is 24.5. The molecule has 0 spiro atoms. The van der Waals surface area contributed by atoms with Gasteiger partial charge in [0.05, 0.1) is 7.11 Å². The minimum Gasteiger partial charge on any atom is -0.465 e. The number of urea groups is 1. The molecule has 0 aromatic heterocycles. The van der Waals surface area contributed by atoms with E-state index in [1.54, 1.807) is 24.3 Å². The molecule has 0 aliphatic rings. The molecule has 3 aromatic carbocycles. The summed E-state index contributed by atoms with van der Waals surface area (Å²) >= 11 is 0. The van der Waals surface area contributed by atoms with E-state index in [2.05, 4.69) is 10.6 Å². The van der Waals surface area contributed by atoms with Crippen molar-refractivity contribution in [3.8, 4) is 5.75 Å². The Labute approximate surface area is 186 Å². The molecule has 0 bridgehead atoms. The monoisotopic (exact) mass is 454 g/mol. The minimum absolute atomic E-state index is 0.0567. The molecule has 3 aromatic rings. The van der Waals surface area contributed by atoms with Gasteiger partial charge < -0.3 is 19.6 Å². The molecule has 0 fully saturated rings. The minimum atomic E-state index is -4.18. The van der Waals surface area contributed by atoms with Gasteiger partial charge in [0, 0.05) is 11.4 Å². The van der Waals surface area contributed by atoms with E-state index in [0.29, 0.717) is 5.69 Å². The fraction of sp³-hybridized carbons (Fsp3) is 0.130. The Morgan fingerprint density at radius 2 is 1.56 bits per heavy atom. The molecule has 2 N–H and O–H groups in total. The van der Waals surface area contributed by atoms with Gasteiger partial charge >= 0.3 is 22.1 Å². The Morgan fingerprint density at radius 3 is 2.22 bits per heavy atom. The molecule has 8 nitrogen and oxygen atoms in total. The Kier molecular flexibility index (Phi) is 6.79. The molecule has 0 aliphatic heterocycles. The highest BCUT2D eigenvalue weighted by atomic mass is 32.2. The molecular formula is C23H22N2O6S. The summed E-state index contributed by atoms with van der Waals surface area (Å²) in [6, 6.07) is 16.8. The quantitative estimate of drug-likeness (QED) is 0.419. The van der Waals surface area contributed by atoms with Gasteiger partial charge in [-0.3, -0.25) is 0 Å². The largest absolute Gasteiger partial charge is 0.465 e. The Balaban J connectivity index is 1.84. The molecule has 0 radical (unpaired) electrons. The zero-order valence-electron chi connectivity index (χ0n) is 17.7. The van der Waals surface area contributed by atoms with Crippen LogP contribution in [0.15, 0.2) is 71.6 Å². The highest BCUT2D eigenvalue weighted by Gasteiger charge is 2.22. The number of methoxy groups -OCH3 is 1. The Hall–Kier alpha value is -3.85. The summed E-state index contributed by atoms with van der Waals surface area (Å²) in [6.45, 7) is 3.68. The summed E-state index contributed by atoms with van der Waals surface area (Å²) in [5.41, 5.74) is 2.48. The normalized spacial score (nSPS) is 10.8. The summed E-state index contributed by atoms with van der Waals surface area (Å²) < 4.78 is 35.2. The number of nitrogens with one attached hydrogen (secondary N) is 2. The van der Waals surface area contributed by atoms with Gasteiger partial charge in [0.2, 0.25) is 0 Å². The number of hydrogen-bond donors (Lipinski definition) is 2. The van der Waals surface area contributed by atoms with Crippen LogP contribution in [0.2, 0.25) is 0 Å². The van der Waals surface area contributed by atoms with Gasteiger partial charge in [-0.15, -0.1) is 0 Å². The summed E-state index contributed by atoms with van der Waals surface area (Å²) in [5.74, 6) is -1.04. The van der Waals surface area contributed by atoms with Crippen LogP contribution < -0.4 is 14.8 Å². The van der Waals surface area contributed by atoms with Crippen molar-refractivity contribution < 1.29 is 26.9 Å². The molecule has 0 atom stereocenters. The lowest BCUT2D eigenvalue weighted by atomic mass is 10.2. The lowest BCUT2D eigenvalue weighted by Gasteiger charge is -2.13. The van der Waals surface area contributed by atoms with Crippen molar-refractivity contribution in [1.29, 1.82) is 0 Å². The predicted molar refractivity (Wildman–Crippen MR) is 121 cm³/mol. The van der Waals surface area contributed by atoms with Gasteiger partial charge in [-0.25, -0.2) is 9.59 Å². The molecule has 0 aliphatic carbocycles. The first-order valence-electron chi connectivity index (χ1n) is 9.57.